The summed E-state index contributed by atoms with van der Waals surface area (Å²) in [6, 6.07) is 12.7. The summed E-state index contributed by atoms with van der Waals surface area (Å²) in [5.74, 6) is -0.402. The third-order valence-electron chi connectivity index (χ3n) is 2.66. The van der Waals surface area contributed by atoms with Gasteiger partial charge in [0.05, 0.1) is 4.92 Å². The van der Waals surface area contributed by atoms with Gasteiger partial charge in [-0.1, -0.05) is 36.4 Å². The summed E-state index contributed by atoms with van der Waals surface area (Å²) in [4.78, 5) is 21.8. The second-order valence-electron chi connectivity index (χ2n) is 4.12. The molecule has 0 radical (unpaired) electrons. The van der Waals surface area contributed by atoms with E-state index in [2.05, 4.69) is 5.32 Å². The van der Waals surface area contributed by atoms with Gasteiger partial charge in [-0.2, -0.15) is 0 Å². The molecule has 7 heteroatoms. The molecule has 0 saturated carbocycles. The number of ether oxygens (including phenoxy) is 1. The first-order chi connectivity index (χ1) is 10.1. The zero-order valence-electron chi connectivity index (χ0n) is 10.9. The Balaban J connectivity index is 2.05. The predicted molar refractivity (Wildman–Crippen MR) is 75.0 cm³/mol. The van der Waals surface area contributed by atoms with Crippen molar-refractivity contribution < 1.29 is 19.6 Å². The highest BCUT2D eigenvalue weighted by atomic mass is 16.6. The highest BCUT2D eigenvalue weighted by Gasteiger charge is 2.19. The number of phenols is 1. The fourth-order valence-electron chi connectivity index (χ4n) is 1.67. The van der Waals surface area contributed by atoms with E-state index in [0.717, 1.165) is 5.56 Å². The van der Waals surface area contributed by atoms with E-state index in [1.54, 1.807) is 24.3 Å². The van der Waals surface area contributed by atoms with Crippen molar-refractivity contribution in [2.75, 3.05) is 5.32 Å². The van der Waals surface area contributed by atoms with Crippen LogP contribution in [0.4, 0.5) is 16.2 Å². The van der Waals surface area contributed by atoms with Gasteiger partial charge >= 0.3 is 6.09 Å². The number of carbonyl (C=O) groups excluding carboxylic acids is 1. The van der Waals surface area contributed by atoms with Crippen molar-refractivity contribution in [3.05, 3.63) is 64.2 Å². The molecular formula is C14H12N2O5. The summed E-state index contributed by atoms with van der Waals surface area (Å²) in [7, 11) is 0. The van der Waals surface area contributed by atoms with Crippen LogP contribution in [0.3, 0.4) is 0 Å². The minimum atomic E-state index is -0.886. The molecule has 0 bridgehead atoms. The first-order valence-electron chi connectivity index (χ1n) is 6.02. The lowest BCUT2D eigenvalue weighted by Crippen LogP contribution is -2.14. The topological polar surface area (TPSA) is 102 Å². The first kappa shape index (κ1) is 14.3. The zero-order valence-corrected chi connectivity index (χ0v) is 10.9. The van der Waals surface area contributed by atoms with Gasteiger partial charge in [0.15, 0.2) is 5.69 Å². The van der Waals surface area contributed by atoms with E-state index >= 15 is 0 Å². The van der Waals surface area contributed by atoms with Crippen molar-refractivity contribution in [3.8, 4) is 5.75 Å². The lowest BCUT2D eigenvalue weighted by molar-refractivity contribution is -0.384. The largest absolute Gasteiger partial charge is 0.505 e. The van der Waals surface area contributed by atoms with Crippen molar-refractivity contribution in [2.45, 2.75) is 6.61 Å². The Morgan fingerprint density at radius 3 is 2.57 bits per heavy atom. The summed E-state index contributed by atoms with van der Waals surface area (Å²) >= 11 is 0. The number of para-hydroxylation sites is 1. The number of nitro groups is 1. The fourth-order valence-corrected chi connectivity index (χ4v) is 1.67. The molecule has 21 heavy (non-hydrogen) atoms. The molecule has 0 aliphatic heterocycles. The number of carbonyl (C=O) groups is 1. The Labute approximate surface area is 119 Å². The van der Waals surface area contributed by atoms with Crippen LogP contribution in [0, 0.1) is 10.1 Å². The minimum Gasteiger partial charge on any atom is -0.505 e. The summed E-state index contributed by atoms with van der Waals surface area (Å²) < 4.78 is 4.94. The third kappa shape index (κ3) is 3.69. The molecule has 0 aliphatic carbocycles. The lowest BCUT2D eigenvalue weighted by atomic mass is 10.2. The molecule has 2 rings (SSSR count). The molecule has 1 amide bonds. The quantitative estimate of drug-likeness (QED) is 0.511. The molecule has 0 spiro atoms. The molecule has 2 aromatic rings. The average molecular weight is 288 g/mol. The van der Waals surface area contributed by atoms with E-state index in [0.29, 0.717) is 0 Å². The van der Waals surface area contributed by atoms with E-state index in [1.165, 1.54) is 18.2 Å². The Bertz CT molecular complexity index is 658. The van der Waals surface area contributed by atoms with E-state index in [4.69, 9.17) is 4.74 Å². The van der Waals surface area contributed by atoms with Crippen LogP contribution < -0.4 is 5.32 Å². The Morgan fingerprint density at radius 1 is 1.19 bits per heavy atom. The Kier molecular flexibility index (Phi) is 4.35. The van der Waals surface area contributed by atoms with Gasteiger partial charge in [0.2, 0.25) is 0 Å². The molecule has 108 valence electrons. The molecular weight excluding hydrogens is 276 g/mol. The van der Waals surface area contributed by atoms with Gasteiger partial charge in [-0.05, 0) is 11.6 Å². The molecule has 7 nitrogen and oxygen atoms in total. The average Bonchev–Trinajstić information content (AvgIpc) is 2.48. The Morgan fingerprint density at radius 2 is 1.90 bits per heavy atom. The van der Waals surface area contributed by atoms with Crippen molar-refractivity contribution in [2.24, 2.45) is 0 Å². The number of anilines is 1. The number of nitrogens with zero attached hydrogens (tertiary/aromatic N) is 1. The highest BCUT2D eigenvalue weighted by Crippen LogP contribution is 2.33. The number of rotatable bonds is 4. The van der Waals surface area contributed by atoms with E-state index in [9.17, 15) is 20.0 Å². The number of phenolic OH excluding ortho intramolecular Hbond substituents is 1. The predicted octanol–water partition coefficient (Wildman–Crippen LogP) is 3.05. The van der Waals surface area contributed by atoms with Gasteiger partial charge in [0, 0.05) is 6.07 Å². The number of hydrogen-bond acceptors (Lipinski definition) is 5. The van der Waals surface area contributed by atoms with E-state index in [-0.39, 0.29) is 12.3 Å². The van der Waals surface area contributed by atoms with Crippen LogP contribution in [0.5, 0.6) is 5.75 Å². The number of hydrogen-bond donors (Lipinski definition) is 2. The van der Waals surface area contributed by atoms with Gasteiger partial charge in [-0.15, -0.1) is 0 Å². The number of nitrogens with one attached hydrogen (secondary N) is 1. The van der Waals surface area contributed by atoms with Gasteiger partial charge in [-0.3, -0.25) is 15.4 Å². The SMILES string of the molecule is O=C(Nc1c(O)cccc1[N+](=O)[O-])OCc1ccccc1. The van der Waals surface area contributed by atoms with Crippen molar-refractivity contribution >= 4 is 17.5 Å². The maximum atomic E-state index is 11.6. The summed E-state index contributed by atoms with van der Waals surface area (Å²) in [5, 5.41) is 22.6. The van der Waals surface area contributed by atoms with Gasteiger partial charge < -0.3 is 9.84 Å². The van der Waals surface area contributed by atoms with Gasteiger partial charge in [-0.25, -0.2) is 4.79 Å². The monoisotopic (exact) mass is 288 g/mol. The summed E-state index contributed by atoms with van der Waals surface area (Å²) in [6.45, 7) is 0.0219. The van der Waals surface area contributed by atoms with Crippen LogP contribution in [-0.2, 0) is 11.3 Å². The molecule has 2 aromatic carbocycles. The molecule has 0 atom stereocenters. The molecule has 0 aliphatic rings. The number of amides is 1. The zero-order chi connectivity index (χ0) is 15.2. The maximum absolute atomic E-state index is 11.6. The summed E-state index contributed by atoms with van der Waals surface area (Å²) in [6.07, 6.45) is -0.886. The standard InChI is InChI=1S/C14H12N2O5/c17-12-8-4-7-11(16(19)20)13(12)15-14(18)21-9-10-5-2-1-3-6-10/h1-8,17H,9H2,(H,15,18). The van der Waals surface area contributed by atoms with E-state index < -0.39 is 22.5 Å². The van der Waals surface area contributed by atoms with Crippen molar-refractivity contribution in [3.63, 3.8) is 0 Å². The molecule has 2 N–H and O–H groups in total. The van der Waals surface area contributed by atoms with E-state index in [1.807, 2.05) is 6.07 Å². The first-order valence-corrected chi connectivity index (χ1v) is 6.02. The third-order valence-corrected chi connectivity index (χ3v) is 2.66. The fraction of sp³-hybridized carbons (Fsp3) is 0.0714. The number of aromatic hydroxyl groups is 1. The van der Waals surface area contributed by atoms with Crippen LogP contribution in [0.2, 0.25) is 0 Å². The van der Waals surface area contributed by atoms with Crippen LogP contribution in [0.1, 0.15) is 5.56 Å². The van der Waals surface area contributed by atoms with Gasteiger partial charge in [0.1, 0.15) is 12.4 Å². The number of nitro benzene ring substituents is 1. The van der Waals surface area contributed by atoms with Gasteiger partial charge in [0.25, 0.3) is 5.69 Å². The van der Waals surface area contributed by atoms with Crippen molar-refractivity contribution in [1.29, 1.82) is 0 Å². The second kappa shape index (κ2) is 6.38. The van der Waals surface area contributed by atoms with Crippen LogP contribution >= 0.6 is 0 Å². The normalized spacial score (nSPS) is 9.90. The highest BCUT2D eigenvalue weighted by molar-refractivity contribution is 5.90. The minimum absolute atomic E-state index is 0.0219. The second-order valence-corrected chi connectivity index (χ2v) is 4.12. The van der Waals surface area contributed by atoms with Crippen LogP contribution in [-0.4, -0.2) is 16.1 Å². The molecule has 0 heterocycles. The number of benzene rings is 2. The molecule has 0 saturated heterocycles. The smallest absolute Gasteiger partial charge is 0.412 e. The molecule has 0 fully saturated rings. The maximum Gasteiger partial charge on any atom is 0.412 e. The molecule has 0 unspecified atom stereocenters. The van der Waals surface area contributed by atoms with Crippen molar-refractivity contribution in [1.82, 2.24) is 0 Å². The lowest BCUT2D eigenvalue weighted by Gasteiger charge is -2.08. The Hall–Kier alpha value is -3.09. The van der Waals surface area contributed by atoms with Crippen LogP contribution in [0.25, 0.3) is 0 Å². The van der Waals surface area contributed by atoms with Crippen LogP contribution in [0.15, 0.2) is 48.5 Å². The molecule has 0 aromatic heterocycles. The summed E-state index contributed by atoms with van der Waals surface area (Å²) in [5.41, 5.74) is 0.0756.